The van der Waals surface area contributed by atoms with Gasteiger partial charge in [-0.1, -0.05) is 6.42 Å². The van der Waals surface area contributed by atoms with Crippen molar-refractivity contribution in [1.82, 2.24) is 24.3 Å². The molecule has 5 rings (SSSR count). The number of aryl methyl sites for hydroxylation is 1. The molecule has 3 fully saturated rings. The monoisotopic (exact) mass is 443 g/mol. The van der Waals surface area contributed by atoms with Crippen molar-refractivity contribution in [2.75, 3.05) is 59.0 Å². The number of hydrogen-bond acceptors (Lipinski definition) is 6. The highest BCUT2D eigenvalue weighted by atomic mass is 16.5. The standard InChI is InChI=1S/C24H37N5O3/c30-23-15-21(25-22-6-2-1-3-8-29(22)23)19-7-9-28(16-19)24(31)18-27-12-10-26(11-13-27)17-20-5-4-14-32-20/h15,19-20H,1-14,16-18H2/t19-,20+/m1/s1. The van der Waals surface area contributed by atoms with Crippen LogP contribution in [-0.4, -0.2) is 95.2 Å². The molecule has 8 heteroatoms. The molecule has 4 aliphatic rings. The van der Waals surface area contributed by atoms with E-state index in [1.54, 1.807) is 6.07 Å². The summed E-state index contributed by atoms with van der Waals surface area (Å²) in [6.45, 7) is 8.60. The molecule has 3 saturated heterocycles. The van der Waals surface area contributed by atoms with Crippen LogP contribution in [0.5, 0.6) is 0 Å². The zero-order valence-corrected chi connectivity index (χ0v) is 19.2. The van der Waals surface area contributed by atoms with E-state index in [4.69, 9.17) is 9.72 Å². The largest absolute Gasteiger partial charge is 0.377 e. The Kier molecular flexibility index (Phi) is 6.90. The first-order valence-corrected chi connectivity index (χ1v) is 12.6. The van der Waals surface area contributed by atoms with Gasteiger partial charge in [0.15, 0.2) is 0 Å². The molecular weight excluding hydrogens is 406 g/mol. The SMILES string of the molecule is O=C(CN1CCN(C[C@@H]2CCCO2)CC1)N1CC[C@@H](c2cc(=O)n3c(n2)CCCCC3)C1. The van der Waals surface area contributed by atoms with Gasteiger partial charge in [-0.2, -0.15) is 0 Å². The van der Waals surface area contributed by atoms with E-state index in [1.165, 1.54) is 12.8 Å². The molecule has 5 heterocycles. The molecule has 0 unspecified atom stereocenters. The van der Waals surface area contributed by atoms with E-state index in [1.807, 2.05) is 9.47 Å². The molecular formula is C24H37N5O3. The van der Waals surface area contributed by atoms with Crippen molar-refractivity contribution in [2.24, 2.45) is 0 Å². The summed E-state index contributed by atoms with van der Waals surface area (Å²) in [5, 5.41) is 0. The van der Waals surface area contributed by atoms with Crippen molar-refractivity contribution in [2.45, 2.75) is 63.5 Å². The number of ether oxygens (including phenoxy) is 1. The fraction of sp³-hybridized carbons (Fsp3) is 0.792. The Morgan fingerprint density at radius 2 is 1.84 bits per heavy atom. The van der Waals surface area contributed by atoms with Gasteiger partial charge in [0.25, 0.3) is 5.56 Å². The molecule has 176 valence electrons. The van der Waals surface area contributed by atoms with E-state index in [-0.39, 0.29) is 17.4 Å². The summed E-state index contributed by atoms with van der Waals surface area (Å²) < 4.78 is 7.62. The molecule has 2 atom stereocenters. The van der Waals surface area contributed by atoms with Crippen LogP contribution in [0.2, 0.25) is 0 Å². The molecule has 0 aromatic carbocycles. The minimum atomic E-state index is 0.0811. The quantitative estimate of drug-likeness (QED) is 0.678. The van der Waals surface area contributed by atoms with Crippen molar-refractivity contribution in [3.8, 4) is 0 Å². The van der Waals surface area contributed by atoms with Crippen molar-refractivity contribution in [3.05, 3.63) is 27.9 Å². The fourth-order valence-electron chi connectivity index (χ4n) is 5.67. The van der Waals surface area contributed by atoms with Crippen molar-refractivity contribution in [1.29, 1.82) is 0 Å². The van der Waals surface area contributed by atoms with Gasteiger partial charge >= 0.3 is 0 Å². The topological polar surface area (TPSA) is 70.9 Å². The molecule has 1 aromatic heterocycles. The first-order chi connectivity index (χ1) is 15.7. The predicted octanol–water partition coefficient (Wildman–Crippen LogP) is 1.08. The molecule has 8 nitrogen and oxygen atoms in total. The van der Waals surface area contributed by atoms with Crippen LogP contribution in [0, 0.1) is 0 Å². The molecule has 1 aromatic rings. The summed E-state index contributed by atoms with van der Waals surface area (Å²) in [6.07, 6.45) is 7.88. The zero-order chi connectivity index (χ0) is 21.9. The van der Waals surface area contributed by atoms with E-state index in [0.717, 1.165) is 96.0 Å². The number of fused-ring (bicyclic) bond motifs is 1. The van der Waals surface area contributed by atoms with Crippen LogP contribution in [-0.2, 0) is 22.5 Å². The number of likely N-dealkylation sites (tertiary alicyclic amines) is 1. The van der Waals surface area contributed by atoms with Gasteiger partial charge in [-0.05, 0) is 32.1 Å². The Morgan fingerprint density at radius 1 is 1.00 bits per heavy atom. The molecule has 0 radical (unpaired) electrons. The molecule has 1 amide bonds. The molecule has 4 aliphatic heterocycles. The first-order valence-electron chi connectivity index (χ1n) is 12.6. The second kappa shape index (κ2) is 10.0. The van der Waals surface area contributed by atoms with Gasteiger partial charge in [-0.25, -0.2) is 4.98 Å². The number of nitrogens with zero attached hydrogens (tertiary/aromatic N) is 5. The van der Waals surface area contributed by atoms with Crippen LogP contribution >= 0.6 is 0 Å². The smallest absolute Gasteiger partial charge is 0.253 e. The van der Waals surface area contributed by atoms with Crippen molar-refractivity contribution < 1.29 is 9.53 Å². The van der Waals surface area contributed by atoms with Gasteiger partial charge < -0.3 is 9.64 Å². The van der Waals surface area contributed by atoms with Crippen LogP contribution in [0.3, 0.4) is 0 Å². The van der Waals surface area contributed by atoms with E-state index < -0.39 is 0 Å². The van der Waals surface area contributed by atoms with Crippen LogP contribution in [0.25, 0.3) is 0 Å². The number of carbonyl (C=O) groups is 1. The second-order valence-corrected chi connectivity index (χ2v) is 9.93. The van der Waals surface area contributed by atoms with E-state index >= 15 is 0 Å². The zero-order valence-electron chi connectivity index (χ0n) is 19.2. The highest BCUT2D eigenvalue weighted by Gasteiger charge is 2.31. The lowest BCUT2D eigenvalue weighted by atomic mass is 10.0. The molecule has 0 N–H and O–H groups in total. The first kappa shape index (κ1) is 22.0. The third-order valence-corrected chi connectivity index (χ3v) is 7.66. The lowest BCUT2D eigenvalue weighted by molar-refractivity contribution is -0.131. The van der Waals surface area contributed by atoms with Crippen LogP contribution < -0.4 is 5.56 Å². The summed E-state index contributed by atoms with van der Waals surface area (Å²) in [5.74, 6) is 1.34. The summed E-state index contributed by atoms with van der Waals surface area (Å²) in [4.78, 5) is 37.2. The summed E-state index contributed by atoms with van der Waals surface area (Å²) in [5.41, 5.74) is 0.971. The van der Waals surface area contributed by atoms with Crippen LogP contribution in [0.4, 0.5) is 0 Å². The van der Waals surface area contributed by atoms with Crippen molar-refractivity contribution in [3.63, 3.8) is 0 Å². The maximum Gasteiger partial charge on any atom is 0.253 e. The Bertz CT molecular complexity index is 858. The number of aromatic nitrogens is 2. The third kappa shape index (κ3) is 5.07. The van der Waals surface area contributed by atoms with E-state index in [9.17, 15) is 9.59 Å². The normalized spacial score (nSPS) is 27.4. The van der Waals surface area contributed by atoms with Gasteiger partial charge in [0.2, 0.25) is 5.91 Å². The molecule has 0 spiro atoms. The third-order valence-electron chi connectivity index (χ3n) is 7.66. The van der Waals surface area contributed by atoms with Gasteiger partial charge in [-0.15, -0.1) is 0 Å². The Hall–Kier alpha value is -1.77. The summed E-state index contributed by atoms with van der Waals surface area (Å²) in [6, 6.07) is 1.72. The lowest BCUT2D eigenvalue weighted by Crippen LogP contribution is -2.51. The minimum absolute atomic E-state index is 0.0811. The Balaban J connectivity index is 1.12. The number of carbonyl (C=O) groups excluding carboxylic acids is 1. The summed E-state index contributed by atoms with van der Waals surface area (Å²) >= 11 is 0. The number of rotatable bonds is 5. The fourth-order valence-corrected chi connectivity index (χ4v) is 5.67. The molecule has 0 saturated carbocycles. The lowest BCUT2D eigenvalue weighted by Gasteiger charge is -2.35. The Labute approximate surface area is 190 Å². The summed E-state index contributed by atoms with van der Waals surface area (Å²) in [7, 11) is 0. The van der Waals surface area contributed by atoms with Gasteiger partial charge in [0.1, 0.15) is 5.82 Å². The maximum absolute atomic E-state index is 13.0. The highest BCUT2D eigenvalue weighted by molar-refractivity contribution is 5.78. The van der Waals surface area contributed by atoms with E-state index in [2.05, 4.69) is 9.80 Å². The van der Waals surface area contributed by atoms with Gasteiger partial charge in [0, 0.05) is 77.4 Å². The molecule has 32 heavy (non-hydrogen) atoms. The van der Waals surface area contributed by atoms with Crippen molar-refractivity contribution >= 4 is 5.91 Å². The Morgan fingerprint density at radius 3 is 2.66 bits per heavy atom. The minimum Gasteiger partial charge on any atom is -0.377 e. The average Bonchev–Trinajstić information content (AvgIpc) is 3.43. The average molecular weight is 444 g/mol. The molecule has 0 bridgehead atoms. The highest BCUT2D eigenvalue weighted by Crippen LogP contribution is 2.26. The maximum atomic E-state index is 13.0. The number of hydrogen-bond donors (Lipinski definition) is 0. The van der Waals surface area contributed by atoms with E-state index in [0.29, 0.717) is 19.2 Å². The van der Waals surface area contributed by atoms with Crippen LogP contribution in [0.15, 0.2) is 10.9 Å². The van der Waals surface area contributed by atoms with Crippen LogP contribution in [0.1, 0.15) is 56.0 Å². The molecule has 0 aliphatic carbocycles. The van der Waals surface area contributed by atoms with Gasteiger partial charge in [0.05, 0.1) is 18.3 Å². The van der Waals surface area contributed by atoms with Gasteiger partial charge in [-0.3, -0.25) is 24.0 Å². The predicted molar refractivity (Wildman–Crippen MR) is 122 cm³/mol. The number of amides is 1. The second-order valence-electron chi connectivity index (χ2n) is 9.93. The number of piperazine rings is 1.